The summed E-state index contributed by atoms with van der Waals surface area (Å²) in [4.78, 5) is 20.1. The molecule has 4 aliphatic rings. The van der Waals surface area contributed by atoms with Crippen LogP contribution in [0.1, 0.15) is 47.5 Å². The summed E-state index contributed by atoms with van der Waals surface area (Å²) < 4.78 is 5.39. The number of hydrazone groups is 1. The number of aryl methyl sites for hydroxylation is 1. The van der Waals surface area contributed by atoms with Crippen LogP contribution >= 0.6 is 11.3 Å². The van der Waals surface area contributed by atoms with Gasteiger partial charge in [-0.3, -0.25) is 4.79 Å². The van der Waals surface area contributed by atoms with Crippen molar-refractivity contribution < 1.29 is 9.53 Å². The molecule has 0 radical (unpaired) electrons. The number of rotatable bonds is 3. The van der Waals surface area contributed by atoms with Gasteiger partial charge in [0.1, 0.15) is 4.88 Å². The zero-order valence-electron chi connectivity index (χ0n) is 15.2. The topological polar surface area (TPSA) is 66.8 Å². The van der Waals surface area contributed by atoms with Gasteiger partial charge in [-0.25, -0.2) is 10.4 Å². The Kier molecular flexibility index (Phi) is 4.24. The van der Waals surface area contributed by atoms with E-state index < -0.39 is 0 Å². The highest BCUT2D eigenvalue weighted by Gasteiger charge is 2.52. The molecule has 140 valence electrons. The molecular weight excluding hydrogens is 348 g/mol. The number of hydrogen-bond donors (Lipinski definition) is 1. The molecule has 0 unspecified atom stereocenters. The highest BCUT2D eigenvalue weighted by atomic mass is 32.1. The maximum atomic E-state index is 12.7. The minimum Gasteiger partial charge on any atom is -0.378 e. The maximum Gasteiger partial charge on any atom is 0.283 e. The molecule has 1 saturated heterocycles. The second-order valence-electron chi connectivity index (χ2n) is 8.12. The van der Waals surface area contributed by atoms with Crippen molar-refractivity contribution in [3.8, 4) is 0 Å². The Morgan fingerprint density at radius 3 is 2.96 bits per heavy atom. The number of ether oxygens (including phenoxy) is 1. The number of morpholine rings is 1. The van der Waals surface area contributed by atoms with E-state index in [0.29, 0.717) is 10.8 Å². The van der Waals surface area contributed by atoms with Crippen molar-refractivity contribution in [2.24, 2.45) is 28.8 Å². The van der Waals surface area contributed by atoms with E-state index in [1.807, 2.05) is 6.92 Å². The quantitative estimate of drug-likeness (QED) is 0.826. The number of fused-ring (bicyclic) bond motifs is 5. The first-order chi connectivity index (χ1) is 12.7. The van der Waals surface area contributed by atoms with Crippen LogP contribution in [-0.4, -0.2) is 42.9 Å². The third-order valence-electron chi connectivity index (χ3n) is 6.78. The molecule has 2 bridgehead atoms. The Balaban J connectivity index is 1.27. The van der Waals surface area contributed by atoms with Gasteiger partial charge < -0.3 is 9.64 Å². The number of carbonyl (C=O) groups excluding carboxylic acids is 1. The molecule has 6 nitrogen and oxygen atoms in total. The number of carbonyl (C=O) groups is 1. The van der Waals surface area contributed by atoms with Crippen LogP contribution in [0.4, 0.5) is 5.13 Å². The molecular formula is C19H26N4O2S. The van der Waals surface area contributed by atoms with Crippen LogP contribution in [0.3, 0.4) is 0 Å². The Hall–Kier alpha value is -1.47. The minimum absolute atomic E-state index is 0.113. The van der Waals surface area contributed by atoms with Gasteiger partial charge in [0.05, 0.1) is 18.9 Å². The van der Waals surface area contributed by atoms with Crippen LogP contribution in [0.5, 0.6) is 0 Å². The highest BCUT2D eigenvalue weighted by Crippen LogP contribution is 2.57. The summed E-state index contributed by atoms with van der Waals surface area (Å²) >= 11 is 1.47. The number of amides is 1. The zero-order chi connectivity index (χ0) is 17.7. The molecule has 3 saturated carbocycles. The van der Waals surface area contributed by atoms with Crippen molar-refractivity contribution in [1.82, 2.24) is 10.4 Å². The Morgan fingerprint density at radius 1 is 1.31 bits per heavy atom. The number of nitrogens with zero attached hydrogens (tertiary/aromatic N) is 3. The fraction of sp³-hybridized carbons (Fsp3) is 0.737. The molecule has 5 rings (SSSR count). The lowest BCUT2D eigenvalue weighted by Crippen LogP contribution is -2.36. The SMILES string of the molecule is Cc1nc(N2CCOCC2)sc1C(=O)N/N=C1\C[C@H]2C[C@H]1[C@@H]1CCC[C@H]21. The van der Waals surface area contributed by atoms with Crippen molar-refractivity contribution in [2.75, 3.05) is 31.2 Å². The molecule has 1 aliphatic heterocycles. The molecule has 26 heavy (non-hydrogen) atoms. The summed E-state index contributed by atoms with van der Waals surface area (Å²) in [5, 5.41) is 5.48. The van der Waals surface area contributed by atoms with Crippen molar-refractivity contribution in [1.29, 1.82) is 0 Å². The summed E-state index contributed by atoms with van der Waals surface area (Å²) in [6, 6.07) is 0. The first-order valence-corrected chi connectivity index (χ1v) is 10.7. The smallest absolute Gasteiger partial charge is 0.283 e. The van der Waals surface area contributed by atoms with Gasteiger partial charge in [0, 0.05) is 24.7 Å². The third-order valence-corrected chi connectivity index (χ3v) is 7.99. The van der Waals surface area contributed by atoms with Crippen molar-refractivity contribution in [2.45, 2.75) is 39.0 Å². The lowest BCUT2D eigenvalue weighted by Gasteiger charge is -2.26. The molecule has 4 fully saturated rings. The van der Waals surface area contributed by atoms with Crippen LogP contribution in [0.2, 0.25) is 0 Å². The van der Waals surface area contributed by atoms with Gasteiger partial charge in [-0.1, -0.05) is 17.8 Å². The number of hydrogen-bond acceptors (Lipinski definition) is 6. The van der Waals surface area contributed by atoms with Gasteiger partial charge in [-0.15, -0.1) is 0 Å². The third kappa shape index (κ3) is 2.76. The van der Waals surface area contributed by atoms with Crippen LogP contribution in [-0.2, 0) is 4.74 Å². The lowest BCUT2D eigenvalue weighted by atomic mass is 9.81. The first-order valence-electron chi connectivity index (χ1n) is 9.87. The average molecular weight is 375 g/mol. The predicted molar refractivity (Wildman–Crippen MR) is 102 cm³/mol. The molecule has 0 spiro atoms. The average Bonchev–Trinajstić information content (AvgIpc) is 3.41. The van der Waals surface area contributed by atoms with E-state index in [-0.39, 0.29) is 5.91 Å². The van der Waals surface area contributed by atoms with E-state index in [0.717, 1.165) is 61.3 Å². The van der Waals surface area contributed by atoms with E-state index >= 15 is 0 Å². The standard InChI is InChI=1S/C19H26N4O2S/c1-11-17(26-19(20-11)23-5-7-25-8-6-23)18(24)22-21-16-10-12-9-15(16)14-4-2-3-13(12)14/h12-15H,2-10H2,1H3,(H,22,24)/b21-16+/t12-,13-,14-,15+/m1/s1. The summed E-state index contributed by atoms with van der Waals surface area (Å²) in [6.45, 7) is 5.02. The van der Waals surface area contributed by atoms with Gasteiger partial charge in [0.25, 0.3) is 5.91 Å². The zero-order valence-corrected chi connectivity index (χ0v) is 16.1. The van der Waals surface area contributed by atoms with Crippen molar-refractivity contribution in [3.05, 3.63) is 10.6 Å². The summed E-state index contributed by atoms with van der Waals surface area (Å²) in [6.07, 6.45) is 6.54. The van der Waals surface area contributed by atoms with E-state index in [1.54, 1.807) is 0 Å². The Morgan fingerprint density at radius 2 is 2.12 bits per heavy atom. The first kappa shape index (κ1) is 16.7. The van der Waals surface area contributed by atoms with Gasteiger partial charge in [0.2, 0.25) is 0 Å². The van der Waals surface area contributed by atoms with Gasteiger partial charge in [-0.05, 0) is 50.4 Å². The van der Waals surface area contributed by atoms with Crippen LogP contribution < -0.4 is 10.3 Å². The predicted octanol–water partition coefficient (Wildman–Crippen LogP) is 2.83. The monoisotopic (exact) mass is 374 g/mol. The molecule has 1 aromatic heterocycles. The summed E-state index contributed by atoms with van der Waals surface area (Å²) in [7, 11) is 0. The molecule has 3 aliphatic carbocycles. The van der Waals surface area contributed by atoms with E-state index in [9.17, 15) is 4.79 Å². The second-order valence-corrected chi connectivity index (χ2v) is 9.10. The molecule has 4 atom stereocenters. The molecule has 2 heterocycles. The van der Waals surface area contributed by atoms with Gasteiger partial charge in [0.15, 0.2) is 5.13 Å². The number of anilines is 1. The van der Waals surface area contributed by atoms with Crippen LogP contribution in [0.15, 0.2) is 5.10 Å². The lowest BCUT2D eigenvalue weighted by molar-refractivity contribution is 0.0957. The number of thiazole rings is 1. The minimum atomic E-state index is -0.113. The normalized spacial score (nSPS) is 34.5. The van der Waals surface area contributed by atoms with Crippen LogP contribution in [0.25, 0.3) is 0 Å². The highest BCUT2D eigenvalue weighted by molar-refractivity contribution is 7.17. The van der Waals surface area contributed by atoms with Crippen LogP contribution in [0, 0.1) is 30.6 Å². The fourth-order valence-electron chi connectivity index (χ4n) is 5.60. The van der Waals surface area contributed by atoms with E-state index in [2.05, 4.69) is 20.4 Å². The number of nitrogens with one attached hydrogen (secondary N) is 1. The van der Waals surface area contributed by atoms with Crippen molar-refractivity contribution in [3.63, 3.8) is 0 Å². The largest absolute Gasteiger partial charge is 0.378 e. The second kappa shape index (κ2) is 6.60. The molecule has 0 aromatic carbocycles. The molecule has 1 aromatic rings. The van der Waals surface area contributed by atoms with Gasteiger partial charge in [-0.2, -0.15) is 5.10 Å². The molecule has 1 amide bonds. The Labute approximate surface area is 158 Å². The molecule has 1 N–H and O–H groups in total. The van der Waals surface area contributed by atoms with Crippen molar-refractivity contribution >= 4 is 28.1 Å². The number of aromatic nitrogens is 1. The van der Waals surface area contributed by atoms with E-state index in [4.69, 9.17) is 4.74 Å². The van der Waals surface area contributed by atoms with Gasteiger partial charge >= 0.3 is 0 Å². The molecule has 7 heteroatoms. The fourth-order valence-corrected chi connectivity index (χ4v) is 6.61. The summed E-state index contributed by atoms with van der Waals surface area (Å²) in [5.74, 6) is 3.11. The van der Waals surface area contributed by atoms with E-state index in [1.165, 1.54) is 42.7 Å². The summed E-state index contributed by atoms with van der Waals surface area (Å²) in [5.41, 5.74) is 4.87. The maximum absolute atomic E-state index is 12.7. The Bertz CT molecular complexity index is 740.